The second-order valence-electron chi connectivity index (χ2n) is 7.01. The van der Waals surface area contributed by atoms with E-state index in [2.05, 4.69) is 19.8 Å². The summed E-state index contributed by atoms with van der Waals surface area (Å²) in [6, 6.07) is 12.5. The zero-order valence-electron chi connectivity index (χ0n) is 16.0. The third-order valence-corrected chi connectivity index (χ3v) is 5.15. The van der Waals surface area contributed by atoms with E-state index in [1.165, 1.54) is 0 Å². The largest absolute Gasteiger partial charge is 0.490 e. The Kier molecular flexibility index (Phi) is 6.53. The average molecular weight is 422 g/mol. The van der Waals surface area contributed by atoms with Gasteiger partial charge >= 0.3 is 12.1 Å². The predicted octanol–water partition coefficient (Wildman–Crippen LogP) is 2.53. The van der Waals surface area contributed by atoms with Crippen LogP contribution in [0.15, 0.2) is 48.8 Å². The van der Waals surface area contributed by atoms with Crippen LogP contribution >= 0.6 is 0 Å². The number of hydrogen-bond acceptors (Lipinski definition) is 5. The van der Waals surface area contributed by atoms with Gasteiger partial charge in [-0.05, 0) is 24.5 Å². The first kappa shape index (κ1) is 21.5. The number of anilines is 1. The maximum Gasteiger partial charge on any atom is 0.490 e. The van der Waals surface area contributed by atoms with Crippen LogP contribution in [0.2, 0.25) is 0 Å². The van der Waals surface area contributed by atoms with Crippen molar-refractivity contribution >= 4 is 17.8 Å². The summed E-state index contributed by atoms with van der Waals surface area (Å²) >= 11 is 0. The Bertz CT molecular complexity index is 865. The predicted molar refractivity (Wildman–Crippen MR) is 102 cm³/mol. The highest BCUT2D eigenvalue weighted by Crippen LogP contribution is 2.33. The van der Waals surface area contributed by atoms with Gasteiger partial charge in [0.15, 0.2) is 0 Å². The fraction of sp³-hybridized carbons (Fsp3) is 0.400. The van der Waals surface area contributed by atoms with E-state index in [1.807, 2.05) is 36.4 Å². The van der Waals surface area contributed by atoms with Crippen LogP contribution in [0.4, 0.5) is 19.1 Å². The van der Waals surface area contributed by atoms with Crippen molar-refractivity contribution in [3.05, 3.63) is 54.4 Å². The van der Waals surface area contributed by atoms with Gasteiger partial charge in [-0.15, -0.1) is 0 Å². The van der Waals surface area contributed by atoms with E-state index in [9.17, 15) is 18.0 Å². The van der Waals surface area contributed by atoms with E-state index in [-0.39, 0.29) is 5.91 Å². The summed E-state index contributed by atoms with van der Waals surface area (Å²) in [6.45, 7) is 1.76. The number of amides is 1. The number of alkyl halides is 3. The van der Waals surface area contributed by atoms with E-state index < -0.39 is 12.1 Å². The highest BCUT2D eigenvalue weighted by molar-refractivity contribution is 5.79. The number of carbonyl (C=O) groups excluding carboxylic acids is 1. The van der Waals surface area contributed by atoms with Crippen LogP contribution in [0.25, 0.3) is 0 Å². The zero-order valence-corrected chi connectivity index (χ0v) is 16.0. The van der Waals surface area contributed by atoms with Crippen LogP contribution in [0.5, 0.6) is 0 Å². The zero-order chi connectivity index (χ0) is 21.7. The number of benzene rings is 1. The third-order valence-electron chi connectivity index (χ3n) is 5.15. The molecule has 0 unspecified atom stereocenters. The molecular formula is C20H21F3N4O3. The molecule has 0 bridgehead atoms. The molecule has 160 valence electrons. The van der Waals surface area contributed by atoms with Gasteiger partial charge < -0.3 is 14.9 Å². The SMILES string of the molecule is O=C(Cc1ccccc1)N1CC[C@H]2[C@H]1CCN2c1ncccn1.O=C(O)C(F)(F)F. The number of carbonyl (C=O) groups is 2. The van der Waals surface area contributed by atoms with Crippen molar-refractivity contribution in [1.82, 2.24) is 14.9 Å². The summed E-state index contributed by atoms with van der Waals surface area (Å²) in [7, 11) is 0. The monoisotopic (exact) mass is 422 g/mol. The summed E-state index contributed by atoms with van der Waals surface area (Å²) < 4.78 is 31.7. The fourth-order valence-corrected chi connectivity index (χ4v) is 3.86. The molecule has 0 aliphatic carbocycles. The Labute approximate surface area is 171 Å². The van der Waals surface area contributed by atoms with E-state index >= 15 is 0 Å². The Hall–Kier alpha value is -3.17. The first-order chi connectivity index (χ1) is 14.3. The maximum absolute atomic E-state index is 12.7. The van der Waals surface area contributed by atoms with Crippen molar-refractivity contribution in [1.29, 1.82) is 0 Å². The second-order valence-corrected chi connectivity index (χ2v) is 7.01. The molecule has 1 aromatic carbocycles. The molecule has 2 aliphatic heterocycles. The van der Waals surface area contributed by atoms with Crippen LogP contribution in [-0.2, 0) is 16.0 Å². The number of carboxylic acid groups (broad SMARTS) is 1. The number of rotatable bonds is 3. The standard InChI is InChI=1S/C18H20N4O.C2HF3O2/c23-17(13-14-5-2-1-3-6-14)21-11-7-16-15(21)8-12-22(16)18-19-9-4-10-20-18;3-2(4,5)1(6)7/h1-6,9-10,15-16H,7-8,11-13H2;(H,6,7)/t15-,16+;/m1./s1. The average Bonchev–Trinajstić information content (AvgIpc) is 3.31. The lowest BCUT2D eigenvalue weighted by atomic mass is 10.1. The highest BCUT2D eigenvalue weighted by Gasteiger charge is 2.45. The quantitative estimate of drug-likeness (QED) is 0.818. The normalized spacial score (nSPS) is 20.4. The van der Waals surface area contributed by atoms with Crippen LogP contribution in [0.3, 0.4) is 0 Å². The molecule has 10 heteroatoms. The number of nitrogens with zero attached hydrogens (tertiary/aromatic N) is 4. The smallest absolute Gasteiger partial charge is 0.475 e. The first-order valence-corrected chi connectivity index (χ1v) is 9.44. The summed E-state index contributed by atoms with van der Waals surface area (Å²) in [4.78, 5) is 34.6. The molecular weight excluding hydrogens is 401 g/mol. The molecule has 2 aliphatic rings. The summed E-state index contributed by atoms with van der Waals surface area (Å²) in [5.74, 6) is -1.73. The van der Waals surface area contributed by atoms with Crippen molar-refractivity contribution in [3.8, 4) is 0 Å². The van der Waals surface area contributed by atoms with Crippen molar-refractivity contribution < 1.29 is 27.9 Å². The molecule has 2 saturated heterocycles. The molecule has 1 aromatic heterocycles. The van der Waals surface area contributed by atoms with Crippen LogP contribution in [-0.4, -0.2) is 63.2 Å². The lowest BCUT2D eigenvalue weighted by Gasteiger charge is -2.25. The Morgan fingerprint density at radius 3 is 2.20 bits per heavy atom. The highest BCUT2D eigenvalue weighted by atomic mass is 19.4. The molecule has 7 nitrogen and oxygen atoms in total. The minimum atomic E-state index is -5.08. The molecule has 4 rings (SSSR count). The fourth-order valence-electron chi connectivity index (χ4n) is 3.86. The van der Waals surface area contributed by atoms with Crippen molar-refractivity contribution in [2.75, 3.05) is 18.0 Å². The van der Waals surface area contributed by atoms with Crippen LogP contribution < -0.4 is 4.90 Å². The Balaban J connectivity index is 0.000000318. The van der Waals surface area contributed by atoms with Gasteiger partial charge in [-0.2, -0.15) is 13.2 Å². The van der Waals surface area contributed by atoms with Gasteiger partial charge in [-0.25, -0.2) is 14.8 Å². The minimum absolute atomic E-state index is 0.236. The number of hydrogen-bond donors (Lipinski definition) is 1. The molecule has 1 amide bonds. The lowest BCUT2D eigenvalue weighted by Crippen LogP contribution is -2.40. The van der Waals surface area contributed by atoms with Crippen molar-refractivity contribution in [2.45, 2.75) is 37.5 Å². The van der Waals surface area contributed by atoms with Gasteiger partial charge in [0.1, 0.15) is 0 Å². The summed E-state index contributed by atoms with van der Waals surface area (Å²) in [6.07, 6.45) is 0.977. The topological polar surface area (TPSA) is 86.6 Å². The van der Waals surface area contributed by atoms with E-state index in [1.54, 1.807) is 12.4 Å². The van der Waals surface area contributed by atoms with Crippen LogP contribution in [0, 0.1) is 0 Å². The minimum Gasteiger partial charge on any atom is -0.475 e. The first-order valence-electron chi connectivity index (χ1n) is 9.44. The summed E-state index contributed by atoms with van der Waals surface area (Å²) in [5, 5.41) is 7.12. The molecule has 3 heterocycles. The lowest BCUT2D eigenvalue weighted by molar-refractivity contribution is -0.192. The van der Waals surface area contributed by atoms with Crippen molar-refractivity contribution in [3.63, 3.8) is 0 Å². The molecule has 0 saturated carbocycles. The Morgan fingerprint density at radius 2 is 1.60 bits per heavy atom. The van der Waals surface area contributed by atoms with Gasteiger partial charge in [0.05, 0.1) is 18.5 Å². The number of aromatic nitrogens is 2. The van der Waals surface area contributed by atoms with Gasteiger partial charge in [0.2, 0.25) is 11.9 Å². The molecule has 2 aromatic rings. The summed E-state index contributed by atoms with van der Waals surface area (Å²) in [5.41, 5.74) is 1.09. The van der Waals surface area contributed by atoms with E-state index in [0.717, 1.165) is 37.4 Å². The molecule has 0 radical (unpaired) electrons. The van der Waals surface area contributed by atoms with E-state index in [4.69, 9.17) is 9.90 Å². The molecule has 0 spiro atoms. The Morgan fingerprint density at radius 1 is 1.00 bits per heavy atom. The molecule has 30 heavy (non-hydrogen) atoms. The van der Waals surface area contributed by atoms with E-state index in [0.29, 0.717) is 18.5 Å². The third kappa shape index (κ3) is 5.05. The van der Waals surface area contributed by atoms with Crippen molar-refractivity contribution in [2.24, 2.45) is 0 Å². The van der Waals surface area contributed by atoms with Gasteiger partial charge in [0, 0.05) is 25.5 Å². The number of carboxylic acids is 1. The number of halogens is 3. The molecule has 2 fully saturated rings. The number of fused-ring (bicyclic) bond motifs is 1. The number of aliphatic carboxylic acids is 1. The molecule has 1 N–H and O–H groups in total. The van der Waals surface area contributed by atoms with Gasteiger partial charge in [-0.1, -0.05) is 30.3 Å². The second kappa shape index (κ2) is 9.10. The van der Waals surface area contributed by atoms with Gasteiger partial charge in [0.25, 0.3) is 0 Å². The maximum atomic E-state index is 12.7. The van der Waals surface area contributed by atoms with Crippen LogP contribution in [0.1, 0.15) is 18.4 Å². The molecule has 2 atom stereocenters. The van der Waals surface area contributed by atoms with Gasteiger partial charge in [-0.3, -0.25) is 4.79 Å². The number of likely N-dealkylation sites (tertiary alicyclic amines) is 1.